The summed E-state index contributed by atoms with van der Waals surface area (Å²) in [5.41, 5.74) is 5.90. The maximum absolute atomic E-state index is 14.6. The number of benzene rings is 1. The first-order valence-electron chi connectivity index (χ1n) is 10.1. The predicted molar refractivity (Wildman–Crippen MR) is 111 cm³/mol. The van der Waals surface area contributed by atoms with Gasteiger partial charge in [-0.05, 0) is 55.0 Å². The lowest BCUT2D eigenvalue weighted by Crippen LogP contribution is -2.25. The molecule has 0 saturated carbocycles. The molecule has 7 nitrogen and oxygen atoms in total. The normalized spacial score (nSPS) is 16.3. The number of rotatable bonds is 3. The summed E-state index contributed by atoms with van der Waals surface area (Å²) in [5, 5.41) is 9.74. The molecule has 2 aliphatic rings. The molecular formula is C23H21FN2O5. The van der Waals surface area contributed by atoms with Crippen LogP contribution in [-0.4, -0.2) is 27.9 Å². The van der Waals surface area contributed by atoms with Gasteiger partial charge in [0.25, 0.3) is 5.56 Å². The summed E-state index contributed by atoms with van der Waals surface area (Å²) in [6.45, 7) is 3.52. The summed E-state index contributed by atoms with van der Waals surface area (Å²) in [4.78, 5) is 28.7. The molecule has 0 bridgehead atoms. The number of hydrogen-bond acceptors (Lipinski definition) is 5. The van der Waals surface area contributed by atoms with Gasteiger partial charge >= 0.3 is 6.16 Å². The Morgan fingerprint density at radius 3 is 2.81 bits per heavy atom. The van der Waals surface area contributed by atoms with E-state index in [1.807, 2.05) is 6.07 Å². The van der Waals surface area contributed by atoms with E-state index in [1.165, 1.54) is 6.07 Å². The molecule has 1 aromatic carbocycles. The van der Waals surface area contributed by atoms with Crippen LogP contribution in [0.15, 0.2) is 16.9 Å². The molecule has 160 valence electrons. The third-order valence-electron chi connectivity index (χ3n) is 6.53. The minimum absolute atomic E-state index is 0.169. The number of methoxy groups -OCH3 is 1. The van der Waals surface area contributed by atoms with Crippen molar-refractivity contribution in [2.24, 2.45) is 0 Å². The van der Waals surface area contributed by atoms with E-state index in [4.69, 9.17) is 14.8 Å². The van der Waals surface area contributed by atoms with Gasteiger partial charge in [0, 0.05) is 24.1 Å². The highest BCUT2D eigenvalue weighted by atomic mass is 19.1. The Bertz CT molecular complexity index is 1340. The van der Waals surface area contributed by atoms with Gasteiger partial charge < -0.3 is 19.1 Å². The number of hydrogen-bond donors (Lipinski definition) is 1. The number of halogens is 1. The molecule has 1 aliphatic carbocycles. The minimum atomic E-state index is -1.43. The Morgan fingerprint density at radius 2 is 2.10 bits per heavy atom. The van der Waals surface area contributed by atoms with Crippen LogP contribution < -0.4 is 5.56 Å². The van der Waals surface area contributed by atoms with Crippen molar-refractivity contribution < 1.29 is 23.8 Å². The highest BCUT2D eigenvalue weighted by molar-refractivity contribution is 5.92. The average Bonchev–Trinajstić information content (AvgIpc) is 3.09. The molecule has 0 saturated heterocycles. The van der Waals surface area contributed by atoms with E-state index in [0.29, 0.717) is 46.6 Å². The van der Waals surface area contributed by atoms with E-state index >= 15 is 0 Å². The molecule has 1 unspecified atom stereocenters. The highest BCUT2D eigenvalue weighted by Gasteiger charge is 2.34. The van der Waals surface area contributed by atoms with Crippen molar-refractivity contribution in [3.05, 3.63) is 61.7 Å². The summed E-state index contributed by atoms with van der Waals surface area (Å²) in [6, 6.07) is 3.27. The van der Waals surface area contributed by atoms with E-state index in [2.05, 4.69) is 4.74 Å². The molecular weight excluding hydrogens is 403 g/mol. The fourth-order valence-corrected chi connectivity index (χ4v) is 4.97. The van der Waals surface area contributed by atoms with E-state index in [0.717, 1.165) is 28.5 Å². The monoisotopic (exact) mass is 424 g/mol. The second kappa shape index (κ2) is 6.88. The maximum atomic E-state index is 14.6. The first-order chi connectivity index (χ1) is 14.8. The Hall–Kier alpha value is -3.26. The summed E-state index contributed by atoms with van der Waals surface area (Å²) in [7, 11) is 1.66. The molecule has 1 aliphatic heterocycles. The molecule has 5 rings (SSSR count). The zero-order valence-corrected chi connectivity index (χ0v) is 17.4. The van der Waals surface area contributed by atoms with Crippen molar-refractivity contribution in [1.29, 1.82) is 0 Å². The minimum Gasteiger partial charge on any atom is -0.450 e. The first-order valence-corrected chi connectivity index (χ1v) is 10.1. The number of aromatic nitrogens is 2. The molecule has 0 amide bonds. The van der Waals surface area contributed by atoms with E-state index < -0.39 is 6.16 Å². The average molecular weight is 424 g/mol. The Morgan fingerprint density at radius 1 is 1.32 bits per heavy atom. The van der Waals surface area contributed by atoms with Gasteiger partial charge in [0.1, 0.15) is 12.4 Å². The number of aryl methyl sites for hydroxylation is 2. The SMILES string of the molecule is COC1CCc2c(C)c(F)cc3nc4c(c1c23)Cn1c-4cc(C)c(COC(=O)O)c1=O. The van der Waals surface area contributed by atoms with Crippen LogP contribution in [0.25, 0.3) is 22.3 Å². The summed E-state index contributed by atoms with van der Waals surface area (Å²) >= 11 is 0. The fraction of sp³-hybridized carbons (Fsp3) is 0.348. The second-order valence-corrected chi connectivity index (χ2v) is 8.11. The van der Waals surface area contributed by atoms with Gasteiger partial charge in [-0.3, -0.25) is 4.79 Å². The molecule has 3 heterocycles. The molecule has 0 spiro atoms. The summed E-state index contributed by atoms with van der Waals surface area (Å²) in [5.74, 6) is -0.287. The zero-order valence-electron chi connectivity index (χ0n) is 17.4. The molecule has 0 radical (unpaired) electrons. The molecule has 3 aromatic rings. The van der Waals surface area contributed by atoms with Crippen molar-refractivity contribution in [3.8, 4) is 11.4 Å². The van der Waals surface area contributed by atoms with Gasteiger partial charge in [-0.25, -0.2) is 14.2 Å². The number of carboxylic acid groups (broad SMARTS) is 1. The maximum Gasteiger partial charge on any atom is 0.506 e. The van der Waals surface area contributed by atoms with Crippen LogP contribution in [0.3, 0.4) is 0 Å². The lowest BCUT2D eigenvalue weighted by molar-refractivity contribution is 0.0847. The smallest absolute Gasteiger partial charge is 0.450 e. The Kier molecular flexibility index (Phi) is 4.37. The Balaban J connectivity index is 1.78. The quantitative estimate of drug-likeness (QED) is 0.500. The van der Waals surface area contributed by atoms with Crippen LogP contribution in [0.5, 0.6) is 0 Å². The van der Waals surface area contributed by atoms with Crippen LogP contribution in [0.4, 0.5) is 9.18 Å². The van der Waals surface area contributed by atoms with Crippen molar-refractivity contribution in [2.75, 3.05) is 7.11 Å². The predicted octanol–water partition coefficient (Wildman–Crippen LogP) is 4.01. The molecule has 1 atom stereocenters. The molecule has 8 heteroatoms. The van der Waals surface area contributed by atoms with Gasteiger partial charge in [-0.15, -0.1) is 0 Å². The van der Waals surface area contributed by atoms with E-state index in [-0.39, 0.29) is 24.1 Å². The van der Waals surface area contributed by atoms with Gasteiger partial charge in [0.15, 0.2) is 0 Å². The van der Waals surface area contributed by atoms with Crippen LogP contribution >= 0.6 is 0 Å². The van der Waals surface area contributed by atoms with Gasteiger partial charge in [0.05, 0.1) is 35.1 Å². The number of nitrogens with zero attached hydrogens (tertiary/aromatic N) is 2. The number of carbonyl (C=O) groups is 1. The molecule has 0 fully saturated rings. The molecule has 31 heavy (non-hydrogen) atoms. The zero-order chi connectivity index (χ0) is 22.0. The van der Waals surface area contributed by atoms with Crippen LogP contribution in [0.2, 0.25) is 0 Å². The van der Waals surface area contributed by atoms with Gasteiger partial charge in [-0.2, -0.15) is 0 Å². The second-order valence-electron chi connectivity index (χ2n) is 8.11. The first kappa shape index (κ1) is 19.7. The van der Waals surface area contributed by atoms with E-state index in [1.54, 1.807) is 25.5 Å². The topological polar surface area (TPSA) is 90.7 Å². The standard InChI is InChI=1S/C23H21FN2O5/c1-10-6-17-21-13(8-26(17)22(27)14(10)9-31-23(28)29)20-18(30-3)5-4-12-11(2)15(24)7-16(25-21)19(12)20/h6-7,18H,4-5,8-9H2,1-3H3,(H,28,29). The lowest BCUT2D eigenvalue weighted by atomic mass is 9.83. The highest BCUT2D eigenvalue weighted by Crippen LogP contribution is 2.45. The summed E-state index contributed by atoms with van der Waals surface area (Å²) < 4.78 is 26.6. The molecule has 2 aromatic heterocycles. The van der Waals surface area contributed by atoms with Crippen LogP contribution in [0, 0.1) is 19.7 Å². The molecule has 1 N–H and O–H groups in total. The third kappa shape index (κ3) is 2.78. The van der Waals surface area contributed by atoms with Crippen molar-refractivity contribution in [3.63, 3.8) is 0 Å². The number of ether oxygens (including phenoxy) is 2. The van der Waals surface area contributed by atoms with Gasteiger partial charge in [0.2, 0.25) is 0 Å². The lowest BCUT2D eigenvalue weighted by Gasteiger charge is -2.28. The van der Waals surface area contributed by atoms with Crippen LogP contribution in [0.1, 0.15) is 45.9 Å². The fourth-order valence-electron chi connectivity index (χ4n) is 4.97. The van der Waals surface area contributed by atoms with Crippen LogP contribution in [-0.2, 0) is 29.0 Å². The van der Waals surface area contributed by atoms with E-state index in [9.17, 15) is 14.0 Å². The third-order valence-corrected chi connectivity index (χ3v) is 6.53. The van der Waals surface area contributed by atoms with Crippen molar-refractivity contribution in [2.45, 2.75) is 45.9 Å². The number of fused-ring (bicyclic) bond motifs is 4. The van der Waals surface area contributed by atoms with Crippen molar-refractivity contribution in [1.82, 2.24) is 9.55 Å². The summed E-state index contributed by atoms with van der Waals surface area (Å²) in [6.07, 6.45) is -0.175. The Labute approximate surface area is 177 Å². The number of pyridine rings is 2. The largest absolute Gasteiger partial charge is 0.506 e. The van der Waals surface area contributed by atoms with Gasteiger partial charge in [-0.1, -0.05) is 0 Å². The van der Waals surface area contributed by atoms with Crippen molar-refractivity contribution >= 4 is 17.1 Å².